The van der Waals surface area contributed by atoms with Gasteiger partial charge in [0.05, 0.1) is 18.2 Å². The van der Waals surface area contributed by atoms with E-state index in [9.17, 15) is 10.1 Å². The second kappa shape index (κ2) is 12.6. The van der Waals surface area contributed by atoms with Gasteiger partial charge >= 0.3 is 6.01 Å². The van der Waals surface area contributed by atoms with Gasteiger partial charge in [-0.1, -0.05) is 54.6 Å². The van der Waals surface area contributed by atoms with Crippen LogP contribution < -0.4 is 14.2 Å². The fourth-order valence-corrected chi connectivity index (χ4v) is 4.66. The van der Waals surface area contributed by atoms with Crippen LogP contribution in [0.1, 0.15) is 27.3 Å². The SMILES string of the molecule is Cc1nc2c(Oc3cccc(C(=O)N(C)C)c3)nc(Oc3cc(C#N)ccc3Oc3ccccc3)nc2n1Cc1ccccc1. The Hall–Kier alpha value is -6.21. The highest BCUT2D eigenvalue weighted by molar-refractivity contribution is 5.94. The highest BCUT2D eigenvalue weighted by atomic mass is 16.5. The number of para-hydroxylation sites is 1. The molecule has 222 valence electrons. The zero-order valence-corrected chi connectivity index (χ0v) is 24.8. The Labute approximate surface area is 259 Å². The van der Waals surface area contributed by atoms with E-state index in [2.05, 4.69) is 11.1 Å². The minimum atomic E-state index is -0.163. The number of aromatic nitrogens is 4. The third-order valence-corrected chi connectivity index (χ3v) is 6.86. The topological polar surface area (TPSA) is 115 Å². The first kappa shape index (κ1) is 28.9. The Balaban J connectivity index is 1.45. The van der Waals surface area contributed by atoms with Gasteiger partial charge in [0.25, 0.3) is 11.8 Å². The lowest BCUT2D eigenvalue weighted by Crippen LogP contribution is -2.21. The number of aryl methyl sites for hydroxylation is 1. The molecule has 0 saturated heterocycles. The maximum Gasteiger partial charge on any atom is 0.327 e. The first-order valence-electron chi connectivity index (χ1n) is 14.1. The molecule has 10 nitrogen and oxygen atoms in total. The van der Waals surface area contributed by atoms with Gasteiger partial charge in [-0.15, -0.1) is 0 Å². The highest BCUT2D eigenvalue weighted by Gasteiger charge is 2.21. The Morgan fingerprint density at radius 1 is 0.800 bits per heavy atom. The van der Waals surface area contributed by atoms with Crippen molar-refractivity contribution in [2.24, 2.45) is 0 Å². The molecule has 0 saturated carbocycles. The molecule has 1 amide bonds. The summed E-state index contributed by atoms with van der Waals surface area (Å²) in [5.41, 5.74) is 2.79. The summed E-state index contributed by atoms with van der Waals surface area (Å²) in [5.74, 6) is 2.27. The number of fused-ring (bicyclic) bond motifs is 1. The van der Waals surface area contributed by atoms with Gasteiger partial charge in [-0.05, 0) is 55.0 Å². The lowest BCUT2D eigenvalue weighted by atomic mass is 10.2. The van der Waals surface area contributed by atoms with Gasteiger partial charge < -0.3 is 23.7 Å². The van der Waals surface area contributed by atoms with Crippen LogP contribution in [0.15, 0.2) is 103 Å². The Bertz CT molecular complexity index is 2040. The summed E-state index contributed by atoms with van der Waals surface area (Å²) in [4.78, 5) is 28.2. The maximum absolute atomic E-state index is 12.6. The molecule has 0 aliphatic heterocycles. The normalized spacial score (nSPS) is 10.7. The smallest absolute Gasteiger partial charge is 0.327 e. The van der Waals surface area contributed by atoms with Gasteiger partial charge in [0, 0.05) is 25.7 Å². The van der Waals surface area contributed by atoms with Crippen LogP contribution in [0.5, 0.6) is 34.9 Å². The molecule has 0 atom stereocenters. The molecule has 0 bridgehead atoms. The first-order chi connectivity index (χ1) is 21.9. The molecule has 0 aliphatic rings. The summed E-state index contributed by atoms with van der Waals surface area (Å²) in [5, 5.41) is 9.60. The second-order valence-corrected chi connectivity index (χ2v) is 10.3. The summed E-state index contributed by atoms with van der Waals surface area (Å²) in [6.07, 6.45) is 0. The van der Waals surface area contributed by atoms with Crippen LogP contribution >= 0.6 is 0 Å². The molecule has 2 heterocycles. The fourth-order valence-electron chi connectivity index (χ4n) is 4.66. The molecular formula is C35H28N6O4. The molecule has 6 rings (SSSR count). The minimum Gasteiger partial charge on any atom is -0.453 e. The molecule has 0 N–H and O–H groups in total. The molecule has 0 radical (unpaired) electrons. The third kappa shape index (κ3) is 6.43. The van der Waals surface area contributed by atoms with Crippen molar-refractivity contribution in [1.29, 1.82) is 5.26 Å². The van der Waals surface area contributed by atoms with Crippen molar-refractivity contribution in [3.05, 3.63) is 126 Å². The van der Waals surface area contributed by atoms with E-state index in [1.54, 1.807) is 56.6 Å². The van der Waals surface area contributed by atoms with E-state index in [1.165, 1.54) is 4.90 Å². The average molecular weight is 597 g/mol. The summed E-state index contributed by atoms with van der Waals surface area (Å²) in [6.45, 7) is 2.38. The van der Waals surface area contributed by atoms with E-state index < -0.39 is 0 Å². The summed E-state index contributed by atoms with van der Waals surface area (Å²) in [7, 11) is 3.37. The molecule has 10 heteroatoms. The zero-order valence-electron chi connectivity index (χ0n) is 24.8. The fraction of sp³-hybridized carbons (Fsp3) is 0.114. The van der Waals surface area contributed by atoms with Crippen molar-refractivity contribution in [3.63, 3.8) is 0 Å². The van der Waals surface area contributed by atoms with Crippen LogP contribution in [-0.4, -0.2) is 44.4 Å². The number of carbonyl (C=O) groups is 1. The molecular weight excluding hydrogens is 568 g/mol. The van der Waals surface area contributed by atoms with Gasteiger partial charge in [-0.2, -0.15) is 15.2 Å². The van der Waals surface area contributed by atoms with Crippen molar-refractivity contribution in [1.82, 2.24) is 24.4 Å². The Morgan fingerprint density at radius 3 is 2.27 bits per heavy atom. The lowest BCUT2D eigenvalue weighted by molar-refractivity contribution is 0.0827. The third-order valence-electron chi connectivity index (χ3n) is 6.86. The lowest BCUT2D eigenvalue weighted by Gasteiger charge is -2.14. The van der Waals surface area contributed by atoms with Crippen molar-refractivity contribution in [2.45, 2.75) is 13.5 Å². The summed E-state index contributed by atoms with van der Waals surface area (Å²) < 4.78 is 20.5. The van der Waals surface area contributed by atoms with E-state index in [0.29, 0.717) is 51.9 Å². The molecule has 0 spiro atoms. The number of ether oxygens (including phenoxy) is 3. The zero-order chi connectivity index (χ0) is 31.3. The van der Waals surface area contributed by atoms with Crippen LogP contribution in [0.2, 0.25) is 0 Å². The number of imidazole rings is 1. The summed E-state index contributed by atoms with van der Waals surface area (Å²) >= 11 is 0. The van der Waals surface area contributed by atoms with Crippen LogP contribution in [-0.2, 0) is 6.54 Å². The summed E-state index contributed by atoms with van der Waals surface area (Å²) in [6, 6.07) is 33.0. The van der Waals surface area contributed by atoms with Gasteiger partial charge in [0.1, 0.15) is 17.3 Å². The van der Waals surface area contributed by atoms with Crippen LogP contribution in [0.3, 0.4) is 0 Å². The minimum absolute atomic E-state index is 0.0414. The molecule has 0 aliphatic carbocycles. The molecule has 6 aromatic rings. The monoisotopic (exact) mass is 596 g/mol. The number of carbonyl (C=O) groups excluding carboxylic acids is 1. The average Bonchev–Trinajstić information content (AvgIpc) is 3.37. The van der Waals surface area contributed by atoms with E-state index in [1.807, 2.05) is 72.2 Å². The largest absolute Gasteiger partial charge is 0.453 e. The van der Waals surface area contributed by atoms with E-state index in [0.717, 1.165) is 5.56 Å². The van der Waals surface area contributed by atoms with Crippen LogP contribution in [0, 0.1) is 18.3 Å². The molecule has 0 fully saturated rings. The first-order valence-corrected chi connectivity index (χ1v) is 14.1. The van der Waals surface area contributed by atoms with Gasteiger partial charge in [0.2, 0.25) is 0 Å². The second-order valence-electron chi connectivity index (χ2n) is 10.3. The van der Waals surface area contributed by atoms with Crippen molar-refractivity contribution >= 4 is 17.1 Å². The predicted molar refractivity (Wildman–Crippen MR) is 168 cm³/mol. The molecule has 4 aromatic carbocycles. The van der Waals surface area contributed by atoms with Gasteiger partial charge in [-0.3, -0.25) is 4.79 Å². The number of nitriles is 1. The predicted octanol–water partition coefficient (Wildman–Crippen LogP) is 7.13. The van der Waals surface area contributed by atoms with Gasteiger partial charge in [-0.25, -0.2) is 4.98 Å². The number of rotatable bonds is 9. The van der Waals surface area contributed by atoms with E-state index >= 15 is 0 Å². The van der Waals surface area contributed by atoms with Crippen molar-refractivity contribution in [2.75, 3.05) is 14.1 Å². The number of hydrogen-bond acceptors (Lipinski definition) is 8. The number of benzene rings is 4. The maximum atomic E-state index is 12.6. The quantitative estimate of drug-likeness (QED) is 0.173. The number of nitrogens with zero attached hydrogens (tertiary/aromatic N) is 6. The highest BCUT2D eigenvalue weighted by Crippen LogP contribution is 2.37. The number of hydrogen-bond donors (Lipinski definition) is 0. The molecule has 2 aromatic heterocycles. The number of amides is 1. The van der Waals surface area contributed by atoms with Crippen LogP contribution in [0.25, 0.3) is 11.2 Å². The Morgan fingerprint density at radius 2 is 1.53 bits per heavy atom. The van der Waals surface area contributed by atoms with E-state index in [-0.39, 0.29) is 23.5 Å². The Kier molecular flexibility index (Phi) is 8.07. The van der Waals surface area contributed by atoms with Crippen LogP contribution in [0.4, 0.5) is 0 Å². The molecule has 0 unspecified atom stereocenters. The standard InChI is InChI=1S/C35H28N6O4/c1-23-37-31-32(41(23)22-24-11-6-4-7-12-24)38-35(39-33(31)44-28-16-10-13-26(20-28)34(42)40(2)3)45-30-19-25(21-36)17-18-29(30)43-27-14-8-5-9-15-27/h4-20H,22H2,1-3H3. The van der Waals surface area contributed by atoms with E-state index in [4.69, 9.17) is 24.2 Å². The molecule has 45 heavy (non-hydrogen) atoms. The van der Waals surface area contributed by atoms with Gasteiger partial charge in [0.15, 0.2) is 22.7 Å². The van der Waals surface area contributed by atoms with Crippen molar-refractivity contribution < 1.29 is 19.0 Å². The van der Waals surface area contributed by atoms with Crippen molar-refractivity contribution in [3.8, 4) is 41.0 Å².